The maximum Gasteiger partial charge on any atom is 0.244 e. The predicted molar refractivity (Wildman–Crippen MR) is 102 cm³/mol. The van der Waals surface area contributed by atoms with Gasteiger partial charge in [-0.1, -0.05) is 11.6 Å². The molecule has 0 saturated carbocycles. The number of morpholine rings is 1. The Bertz CT molecular complexity index is 709. The lowest BCUT2D eigenvalue weighted by Gasteiger charge is -2.26. The van der Waals surface area contributed by atoms with Crippen LogP contribution in [0.25, 0.3) is 0 Å². The Morgan fingerprint density at radius 1 is 1.44 bits per heavy atom. The van der Waals surface area contributed by atoms with Gasteiger partial charge in [0.2, 0.25) is 10.0 Å². The highest BCUT2D eigenvalue weighted by molar-refractivity contribution is 7.89. The molecule has 1 aromatic rings. The molecule has 10 heteroatoms. The van der Waals surface area contributed by atoms with E-state index in [9.17, 15) is 8.42 Å². The van der Waals surface area contributed by atoms with Gasteiger partial charge in [-0.25, -0.2) is 8.42 Å². The third-order valence-corrected chi connectivity index (χ3v) is 6.17. The van der Waals surface area contributed by atoms with Crippen molar-refractivity contribution in [3.05, 3.63) is 23.2 Å². The molecule has 140 valence electrons. The monoisotopic (exact) mass is 407 g/mol. The highest BCUT2D eigenvalue weighted by Gasteiger charge is 2.28. The van der Waals surface area contributed by atoms with Crippen molar-refractivity contribution in [1.29, 1.82) is 0 Å². The van der Waals surface area contributed by atoms with E-state index in [4.69, 9.17) is 33.3 Å². The quantitative estimate of drug-likeness (QED) is 0.694. The van der Waals surface area contributed by atoms with E-state index in [0.717, 1.165) is 0 Å². The molecule has 1 saturated heterocycles. The van der Waals surface area contributed by atoms with Crippen LogP contribution >= 0.6 is 23.8 Å². The van der Waals surface area contributed by atoms with Crippen molar-refractivity contribution in [3.8, 4) is 0 Å². The lowest BCUT2D eigenvalue weighted by Crippen LogP contribution is -2.40. The number of hydrogen-bond donors (Lipinski definition) is 2. The SMILES string of the molecule is COCC(C)NC(=S)Nc1ccc(Cl)c(S(=O)(=O)N2CCOCC2)c1. The molecule has 1 fully saturated rings. The molecule has 2 N–H and O–H groups in total. The van der Waals surface area contributed by atoms with Crippen LogP contribution in [0.2, 0.25) is 5.02 Å². The predicted octanol–water partition coefficient (Wildman–Crippen LogP) is 1.68. The van der Waals surface area contributed by atoms with E-state index >= 15 is 0 Å². The van der Waals surface area contributed by atoms with Crippen LogP contribution in [0.15, 0.2) is 23.1 Å². The maximum atomic E-state index is 12.8. The van der Waals surface area contributed by atoms with Crippen LogP contribution < -0.4 is 10.6 Å². The van der Waals surface area contributed by atoms with Crippen LogP contribution in [-0.2, 0) is 19.5 Å². The van der Waals surface area contributed by atoms with Crippen molar-refractivity contribution in [2.24, 2.45) is 0 Å². The summed E-state index contributed by atoms with van der Waals surface area (Å²) in [4.78, 5) is 0.0498. The second-order valence-corrected chi connectivity index (χ2v) is 8.34. The molecule has 1 atom stereocenters. The standard InChI is InChI=1S/C15H22ClN3O4S2/c1-11(10-22-2)17-15(24)18-12-3-4-13(16)14(9-12)25(20,21)19-5-7-23-8-6-19/h3-4,9,11H,5-8,10H2,1-2H3,(H2,17,18,24). The molecule has 2 rings (SSSR count). The Labute approximate surface area is 158 Å². The Hall–Kier alpha value is -0.970. The molecule has 0 aliphatic carbocycles. The smallest absolute Gasteiger partial charge is 0.244 e. The Morgan fingerprint density at radius 2 is 2.12 bits per heavy atom. The Kier molecular flexibility index (Phi) is 7.41. The number of hydrogen-bond acceptors (Lipinski definition) is 5. The van der Waals surface area contributed by atoms with Crippen molar-refractivity contribution >= 4 is 44.6 Å². The summed E-state index contributed by atoms with van der Waals surface area (Å²) in [5, 5.41) is 6.57. The average molecular weight is 408 g/mol. The van der Waals surface area contributed by atoms with Crippen molar-refractivity contribution in [1.82, 2.24) is 9.62 Å². The first-order valence-corrected chi connectivity index (χ1v) is 10.0. The van der Waals surface area contributed by atoms with Gasteiger partial charge in [-0.05, 0) is 37.3 Å². The van der Waals surface area contributed by atoms with E-state index in [-0.39, 0.29) is 16.0 Å². The number of halogens is 1. The van der Waals surface area contributed by atoms with Crippen LogP contribution in [-0.4, -0.2) is 63.9 Å². The zero-order valence-electron chi connectivity index (χ0n) is 14.1. The highest BCUT2D eigenvalue weighted by atomic mass is 35.5. The first-order chi connectivity index (χ1) is 11.8. The second-order valence-electron chi connectivity index (χ2n) is 5.62. The van der Waals surface area contributed by atoms with Crippen LogP contribution in [0.3, 0.4) is 0 Å². The summed E-state index contributed by atoms with van der Waals surface area (Å²) in [6.07, 6.45) is 0. The van der Waals surface area contributed by atoms with Gasteiger partial charge in [-0.15, -0.1) is 0 Å². The average Bonchev–Trinajstić information content (AvgIpc) is 2.57. The molecule has 1 heterocycles. The lowest BCUT2D eigenvalue weighted by molar-refractivity contribution is 0.0730. The number of thiocarbonyl (C=S) groups is 1. The van der Waals surface area contributed by atoms with Crippen molar-refractivity contribution in [3.63, 3.8) is 0 Å². The minimum Gasteiger partial charge on any atom is -0.383 e. The fourth-order valence-electron chi connectivity index (χ4n) is 2.39. The second kappa shape index (κ2) is 9.11. The third kappa shape index (κ3) is 5.50. The molecule has 0 radical (unpaired) electrons. The molecular weight excluding hydrogens is 386 g/mol. The fourth-order valence-corrected chi connectivity index (χ4v) is 4.61. The zero-order chi connectivity index (χ0) is 18.4. The van der Waals surface area contributed by atoms with E-state index in [1.54, 1.807) is 19.2 Å². The van der Waals surface area contributed by atoms with Gasteiger partial charge in [0, 0.05) is 31.9 Å². The van der Waals surface area contributed by atoms with Crippen LogP contribution in [0.4, 0.5) is 5.69 Å². The first kappa shape index (κ1) is 20.3. The van der Waals surface area contributed by atoms with E-state index < -0.39 is 10.0 Å². The molecule has 1 unspecified atom stereocenters. The zero-order valence-corrected chi connectivity index (χ0v) is 16.5. The topological polar surface area (TPSA) is 79.9 Å². The van der Waals surface area contributed by atoms with E-state index in [0.29, 0.717) is 43.7 Å². The summed E-state index contributed by atoms with van der Waals surface area (Å²) in [5.74, 6) is 0. The number of sulfonamides is 1. The summed E-state index contributed by atoms with van der Waals surface area (Å²) in [5.41, 5.74) is 0.540. The molecule has 0 amide bonds. The molecule has 1 aliphatic rings. The minimum absolute atomic E-state index is 0.0221. The molecule has 25 heavy (non-hydrogen) atoms. The lowest BCUT2D eigenvalue weighted by atomic mass is 10.3. The number of ether oxygens (including phenoxy) is 2. The van der Waals surface area contributed by atoms with E-state index in [1.165, 1.54) is 10.4 Å². The normalized spacial score (nSPS) is 17.1. The highest BCUT2D eigenvalue weighted by Crippen LogP contribution is 2.28. The van der Waals surface area contributed by atoms with Crippen LogP contribution in [0.1, 0.15) is 6.92 Å². The Morgan fingerprint density at radius 3 is 2.76 bits per heavy atom. The summed E-state index contributed by atoms with van der Waals surface area (Å²) in [6, 6.07) is 4.73. The van der Waals surface area contributed by atoms with Gasteiger partial charge in [0.05, 0.1) is 24.8 Å². The molecule has 7 nitrogen and oxygen atoms in total. The largest absolute Gasteiger partial charge is 0.383 e. The van der Waals surface area contributed by atoms with Gasteiger partial charge < -0.3 is 20.1 Å². The molecule has 1 aromatic carbocycles. The number of benzene rings is 1. The van der Waals surface area contributed by atoms with Gasteiger partial charge in [-0.3, -0.25) is 0 Å². The number of nitrogens with zero attached hydrogens (tertiary/aromatic N) is 1. The van der Waals surface area contributed by atoms with Gasteiger partial charge in [0.25, 0.3) is 0 Å². The maximum absolute atomic E-state index is 12.8. The molecular formula is C15H22ClN3O4S2. The molecule has 1 aliphatic heterocycles. The van der Waals surface area contributed by atoms with Crippen LogP contribution in [0.5, 0.6) is 0 Å². The van der Waals surface area contributed by atoms with Crippen molar-refractivity contribution < 1.29 is 17.9 Å². The molecule has 0 bridgehead atoms. The minimum atomic E-state index is -3.68. The van der Waals surface area contributed by atoms with Crippen molar-refractivity contribution in [2.45, 2.75) is 17.9 Å². The van der Waals surface area contributed by atoms with Gasteiger partial charge in [-0.2, -0.15) is 4.31 Å². The summed E-state index contributed by atoms with van der Waals surface area (Å²) >= 11 is 11.4. The Balaban J connectivity index is 2.15. The summed E-state index contributed by atoms with van der Waals surface area (Å²) in [7, 11) is -2.08. The van der Waals surface area contributed by atoms with E-state index in [2.05, 4.69) is 10.6 Å². The number of methoxy groups -OCH3 is 1. The van der Waals surface area contributed by atoms with Gasteiger partial charge in [0.15, 0.2) is 5.11 Å². The van der Waals surface area contributed by atoms with Crippen molar-refractivity contribution in [2.75, 3.05) is 45.3 Å². The van der Waals surface area contributed by atoms with E-state index in [1.807, 2.05) is 6.92 Å². The number of rotatable bonds is 6. The summed E-state index contributed by atoms with van der Waals surface area (Å²) < 4.78 is 37.2. The van der Waals surface area contributed by atoms with Gasteiger partial charge >= 0.3 is 0 Å². The number of anilines is 1. The fraction of sp³-hybridized carbons (Fsp3) is 0.533. The number of nitrogens with one attached hydrogen (secondary N) is 2. The molecule has 0 spiro atoms. The third-order valence-electron chi connectivity index (χ3n) is 3.57. The first-order valence-electron chi connectivity index (χ1n) is 7.78. The molecule has 0 aromatic heterocycles. The summed E-state index contributed by atoms with van der Waals surface area (Å²) in [6.45, 7) is 3.79. The van der Waals surface area contributed by atoms with Crippen LogP contribution in [0, 0.1) is 0 Å². The van der Waals surface area contributed by atoms with Gasteiger partial charge in [0.1, 0.15) is 4.90 Å².